The first kappa shape index (κ1) is 20.7. The standard InChI is InChI=1S/C20H29N3O2.ClH/c21-11-14-22(13-10-16-5-2-1-3-6-16)20(25)18-7-4-12-23(15-18)19(24)17-8-9-17;/h1-3,5-6,17-18H,4,7-15,21H2;1H. The summed E-state index contributed by atoms with van der Waals surface area (Å²) in [5, 5.41) is 0. The number of nitrogens with two attached hydrogens (primary N) is 1. The molecule has 3 rings (SSSR count). The van der Waals surface area contributed by atoms with E-state index in [0.717, 1.165) is 38.6 Å². The average Bonchev–Trinajstić information content (AvgIpc) is 3.50. The number of piperidine rings is 1. The highest BCUT2D eigenvalue weighted by molar-refractivity contribution is 5.85. The lowest BCUT2D eigenvalue weighted by Gasteiger charge is -2.35. The second kappa shape index (κ2) is 9.93. The number of halogens is 1. The number of carbonyl (C=O) groups excluding carboxylic acids is 2. The van der Waals surface area contributed by atoms with Crippen LogP contribution < -0.4 is 5.73 Å². The maximum atomic E-state index is 13.0. The summed E-state index contributed by atoms with van der Waals surface area (Å²) in [4.78, 5) is 29.1. The first-order chi connectivity index (χ1) is 12.2. The lowest BCUT2D eigenvalue weighted by Crippen LogP contribution is -2.48. The summed E-state index contributed by atoms with van der Waals surface area (Å²) in [7, 11) is 0. The molecule has 1 unspecified atom stereocenters. The molecular weight excluding hydrogens is 350 g/mol. The van der Waals surface area contributed by atoms with E-state index in [2.05, 4.69) is 12.1 Å². The van der Waals surface area contributed by atoms with Crippen LogP contribution in [0.4, 0.5) is 0 Å². The lowest BCUT2D eigenvalue weighted by molar-refractivity contribution is -0.141. The summed E-state index contributed by atoms with van der Waals surface area (Å²) in [6.45, 7) is 3.13. The minimum Gasteiger partial charge on any atom is -0.342 e. The Hall–Kier alpha value is -1.59. The molecule has 1 heterocycles. The van der Waals surface area contributed by atoms with Gasteiger partial charge in [-0.2, -0.15) is 0 Å². The van der Waals surface area contributed by atoms with Crippen molar-refractivity contribution in [3.05, 3.63) is 35.9 Å². The smallest absolute Gasteiger partial charge is 0.227 e. The minimum absolute atomic E-state index is 0. The molecule has 0 aromatic heterocycles. The van der Waals surface area contributed by atoms with Crippen LogP contribution in [-0.4, -0.2) is 54.3 Å². The van der Waals surface area contributed by atoms with Crippen molar-refractivity contribution in [3.8, 4) is 0 Å². The Morgan fingerprint density at radius 2 is 1.81 bits per heavy atom. The molecule has 0 bridgehead atoms. The zero-order valence-electron chi connectivity index (χ0n) is 15.3. The van der Waals surface area contributed by atoms with E-state index in [0.29, 0.717) is 26.2 Å². The lowest BCUT2D eigenvalue weighted by atomic mass is 9.95. The van der Waals surface area contributed by atoms with Gasteiger partial charge in [0, 0.05) is 38.6 Å². The average molecular weight is 380 g/mol. The molecule has 26 heavy (non-hydrogen) atoms. The predicted molar refractivity (Wildman–Crippen MR) is 105 cm³/mol. The van der Waals surface area contributed by atoms with Crippen LogP contribution in [0, 0.1) is 11.8 Å². The van der Waals surface area contributed by atoms with Crippen molar-refractivity contribution in [1.82, 2.24) is 9.80 Å². The molecule has 1 aliphatic carbocycles. The van der Waals surface area contributed by atoms with E-state index in [1.54, 1.807) is 0 Å². The molecule has 2 N–H and O–H groups in total. The van der Waals surface area contributed by atoms with Crippen molar-refractivity contribution in [2.75, 3.05) is 32.7 Å². The molecule has 1 saturated heterocycles. The molecule has 0 radical (unpaired) electrons. The number of hydrogen-bond acceptors (Lipinski definition) is 3. The van der Waals surface area contributed by atoms with Crippen molar-refractivity contribution in [1.29, 1.82) is 0 Å². The fraction of sp³-hybridized carbons (Fsp3) is 0.600. The van der Waals surface area contributed by atoms with E-state index in [9.17, 15) is 9.59 Å². The molecule has 1 aliphatic heterocycles. The number of carbonyl (C=O) groups is 2. The largest absolute Gasteiger partial charge is 0.342 e. The summed E-state index contributed by atoms with van der Waals surface area (Å²) >= 11 is 0. The Morgan fingerprint density at radius 3 is 2.46 bits per heavy atom. The van der Waals surface area contributed by atoms with E-state index >= 15 is 0 Å². The number of hydrogen-bond donors (Lipinski definition) is 1. The number of likely N-dealkylation sites (tertiary alicyclic amines) is 1. The monoisotopic (exact) mass is 379 g/mol. The third-order valence-corrected chi connectivity index (χ3v) is 5.23. The van der Waals surface area contributed by atoms with Crippen molar-refractivity contribution in [2.24, 2.45) is 17.6 Å². The number of rotatable bonds is 7. The summed E-state index contributed by atoms with van der Waals surface area (Å²) in [6, 6.07) is 10.2. The first-order valence-corrected chi connectivity index (χ1v) is 9.50. The highest BCUT2D eigenvalue weighted by atomic mass is 35.5. The second-order valence-corrected chi connectivity index (χ2v) is 7.25. The van der Waals surface area contributed by atoms with Crippen molar-refractivity contribution in [2.45, 2.75) is 32.1 Å². The van der Waals surface area contributed by atoms with Crippen LogP contribution in [0.3, 0.4) is 0 Å². The fourth-order valence-corrected chi connectivity index (χ4v) is 3.62. The molecular formula is C20H30ClN3O2. The molecule has 1 saturated carbocycles. The quantitative estimate of drug-likeness (QED) is 0.788. The normalized spacial score (nSPS) is 19.6. The molecule has 144 valence electrons. The SMILES string of the molecule is Cl.NCCN(CCc1ccccc1)C(=O)C1CCCN(C(=O)C2CC2)C1. The Balaban J connectivity index is 0.00000243. The molecule has 2 aliphatic rings. The van der Waals surface area contributed by atoms with Crippen LogP contribution in [0.1, 0.15) is 31.2 Å². The number of nitrogens with zero attached hydrogens (tertiary/aromatic N) is 2. The fourth-order valence-electron chi connectivity index (χ4n) is 3.62. The van der Waals surface area contributed by atoms with Crippen LogP contribution in [0.2, 0.25) is 0 Å². The van der Waals surface area contributed by atoms with Gasteiger partial charge in [0.2, 0.25) is 11.8 Å². The maximum absolute atomic E-state index is 13.0. The van der Waals surface area contributed by atoms with Gasteiger partial charge in [0.25, 0.3) is 0 Å². The van der Waals surface area contributed by atoms with Gasteiger partial charge < -0.3 is 15.5 Å². The van der Waals surface area contributed by atoms with E-state index in [-0.39, 0.29) is 36.1 Å². The van der Waals surface area contributed by atoms with Gasteiger partial charge in [0.15, 0.2) is 0 Å². The highest BCUT2D eigenvalue weighted by Crippen LogP contribution is 2.32. The van der Waals surface area contributed by atoms with Crippen LogP contribution in [0.25, 0.3) is 0 Å². The van der Waals surface area contributed by atoms with Gasteiger partial charge in [-0.1, -0.05) is 30.3 Å². The first-order valence-electron chi connectivity index (χ1n) is 9.50. The van der Waals surface area contributed by atoms with Gasteiger partial charge in [0.1, 0.15) is 0 Å². The van der Waals surface area contributed by atoms with Crippen molar-refractivity contribution < 1.29 is 9.59 Å². The van der Waals surface area contributed by atoms with Gasteiger partial charge in [-0.05, 0) is 37.7 Å². The van der Waals surface area contributed by atoms with E-state index in [1.807, 2.05) is 28.0 Å². The zero-order chi connectivity index (χ0) is 17.6. The van der Waals surface area contributed by atoms with Crippen LogP contribution in [-0.2, 0) is 16.0 Å². The third kappa shape index (κ3) is 5.45. The third-order valence-electron chi connectivity index (χ3n) is 5.23. The van der Waals surface area contributed by atoms with Gasteiger partial charge in [-0.25, -0.2) is 0 Å². The van der Waals surface area contributed by atoms with E-state index in [4.69, 9.17) is 5.73 Å². The Bertz CT molecular complexity index is 592. The van der Waals surface area contributed by atoms with E-state index in [1.165, 1.54) is 5.56 Å². The van der Waals surface area contributed by atoms with E-state index < -0.39 is 0 Å². The summed E-state index contributed by atoms with van der Waals surface area (Å²) in [5.74, 6) is 0.577. The summed E-state index contributed by atoms with van der Waals surface area (Å²) < 4.78 is 0. The molecule has 1 aromatic rings. The molecule has 2 amide bonds. The zero-order valence-corrected chi connectivity index (χ0v) is 16.1. The van der Waals surface area contributed by atoms with Crippen molar-refractivity contribution >= 4 is 24.2 Å². The van der Waals surface area contributed by atoms with Crippen LogP contribution >= 0.6 is 12.4 Å². The van der Waals surface area contributed by atoms with Crippen LogP contribution in [0.15, 0.2) is 30.3 Å². The number of amides is 2. The number of benzene rings is 1. The topological polar surface area (TPSA) is 66.6 Å². The van der Waals surface area contributed by atoms with Crippen molar-refractivity contribution in [3.63, 3.8) is 0 Å². The molecule has 2 fully saturated rings. The van der Waals surface area contributed by atoms with Gasteiger partial charge in [0.05, 0.1) is 5.92 Å². The van der Waals surface area contributed by atoms with Crippen LogP contribution in [0.5, 0.6) is 0 Å². The minimum atomic E-state index is -0.0706. The predicted octanol–water partition coefficient (Wildman–Crippen LogP) is 2.09. The highest BCUT2D eigenvalue weighted by Gasteiger charge is 2.37. The Morgan fingerprint density at radius 1 is 1.08 bits per heavy atom. The Kier molecular flexibility index (Phi) is 7.91. The van der Waals surface area contributed by atoms with Gasteiger partial charge in [-0.15, -0.1) is 12.4 Å². The maximum Gasteiger partial charge on any atom is 0.227 e. The molecule has 6 heteroatoms. The summed E-state index contributed by atoms with van der Waals surface area (Å²) in [6.07, 6.45) is 4.67. The Labute approximate surface area is 162 Å². The molecule has 1 aromatic carbocycles. The molecule has 1 atom stereocenters. The summed E-state index contributed by atoms with van der Waals surface area (Å²) in [5.41, 5.74) is 6.96. The molecule has 0 spiro atoms. The molecule has 5 nitrogen and oxygen atoms in total. The van der Waals surface area contributed by atoms with Gasteiger partial charge >= 0.3 is 0 Å². The second-order valence-electron chi connectivity index (χ2n) is 7.25. The van der Waals surface area contributed by atoms with Gasteiger partial charge in [-0.3, -0.25) is 9.59 Å².